The minimum atomic E-state index is -0.507. The van der Waals surface area contributed by atoms with Gasteiger partial charge in [0.2, 0.25) is 0 Å². The Hall–Kier alpha value is -1.42. The Morgan fingerprint density at radius 2 is 2.00 bits per heavy atom. The topological polar surface area (TPSA) is 49.3 Å². The molecule has 0 aromatic heterocycles. The van der Waals surface area contributed by atoms with Gasteiger partial charge in [-0.2, -0.15) is 0 Å². The number of halogens is 1. The number of benzene rings is 1. The third kappa shape index (κ3) is 4.63. The standard InChI is InChI=1S/C15H22FNO2/c1-15(2,3)11-6-7-13(16)12(10-11)14(19)17-8-4-5-9-18/h6-7,10,18H,4-5,8-9H2,1-3H3,(H,17,19). The van der Waals surface area contributed by atoms with Crippen LogP contribution in [0.4, 0.5) is 4.39 Å². The third-order valence-electron chi connectivity index (χ3n) is 2.95. The van der Waals surface area contributed by atoms with E-state index >= 15 is 0 Å². The van der Waals surface area contributed by atoms with E-state index in [0.717, 1.165) is 5.56 Å². The normalized spacial score (nSPS) is 11.4. The Kier molecular flexibility index (Phi) is 5.48. The number of hydrogen-bond acceptors (Lipinski definition) is 2. The first-order valence-electron chi connectivity index (χ1n) is 6.55. The number of amides is 1. The second-order valence-electron chi connectivity index (χ2n) is 5.63. The molecule has 0 unspecified atom stereocenters. The molecule has 1 amide bonds. The second kappa shape index (κ2) is 6.66. The summed E-state index contributed by atoms with van der Waals surface area (Å²) in [5.41, 5.74) is 0.880. The van der Waals surface area contributed by atoms with E-state index in [2.05, 4.69) is 5.32 Å². The van der Waals surface area contributed by atoms with E-state index < -0.39 is 11.7 Å². The van der Waals surface area contributed by atoms with Crippen molar-refractivity contribution >= 4 is 5.91 Å². The lowest BCUT2D eigenvalue weighted by Crippen LogP contribution is -2.26. The number of nitrogens with one attached hydrogen (secondary N) is 1. The van der Waals surface area contributed by atoms with Gasteiger partial charge in [-0.05, 0) is 36.0 Å². The highest BCUT2D eigenvalue weighted by molar-refractivity contribution is 5.94. The van der Waals surface area contributed by atoms with E-state index in [1.165, 1.54) is 6.07 Å². The summed E-state index contributed by atoms with van der Waals surface area (Å²) < 4.78 is 13.7. The number of hydrogen-bond donors (Lipinski definition) is 2. The predicted molar refractivity (Wildman–Crippen MR) is 73.8 cm³/mol. The summed E-state index contributed by atoms with van der Waals surface area (Å²) in [6.07, 6.45) is 1.31. The molecule has 1 aromatic rings. The van der Waals surface area contributed by atoms with Crippen molar-refractivity contribution < 1.29 is 14.3 Å². The minimum Gasteiger partial charge on any atom is -0.396 e. The molecule has 0 aliphatic carbocycles. The molecule has 19 heavy (non-hydrogen) atoms. The van der Waals surface area contributed by atoms with Crippen LogP contribution >= 0.6 is 0 Å². The van der Waals surface area contributed by atoms with Gasteiger partial charge < -0.3 is 10.4 Å². The van der Waals surface area contributed by atoms with Gasteiger partial charge >= 0.3 is 0 Å². The van der Waals surface area contributed by atoms with Crippen molar-refractivity contribution in [3.8, 4) is 0 Å². The van der Waals surface area contributed by atoms with Gasteiger partial charge in [0, 0.05) is 13.2 Å². The highest BCUT2D eigenvalue weighted by Crippen LogP contribution is 2.24. The van der Waals surface area contributed by atoms with Crippen molar-refractivity contribution in [3.05, 3.63) is 35.1 Å². The average Bonchev–Trinajstić information content (AvgIpc) is 2.33. The van der Waals surface area contributed by atoms with E-state index in [1.54, 1.807) is 12.1 Å². The Labute approximate surface area is 113 Å². The molecular weight excluding hydrogens is 245 g/mol. The summed E-state index contributed by atoms with van der Waals surface area (Å²) in [4.78, 5) is 11.9. The quantitative estimate of drug-likeness (QED) is 0.806. The molecular formula is C15H22FNO2. The van der Waals surface area contributed by atoms with Crippen LogP contribution in [-0.4, -0.2) is 24.2 Å². The molecule has 0 heterocycles. The number of carbonyl (C=O) groups excluding carboxylic acids is 1. The Morgan fingerprint density at radius 1 is 1.32 bits per heavy atom. The van der Waals surface area contributed by atoms with Gasteiger partial charge in [0.1, 0.15) is 5.82 Å². The third-order valence-corrected chi connectivity index (χ3v) is 2.95. The van der Waals surface area contributed by atoms with Crippen LogP contribution < -0.4 is 5.32 Å². The lowest BCUT2D eigenvalue weighted by atomic mass is 9.86. The molecule has 0 aliphatic rings. The zero-order chi connectivity index (χ0) is 14.5. The van der Waals surface area contributed by atoms with Crippen LogP contribution in [0.3, 0.4) is 0 Å². The molecule has 1 aromatic carbocycles. The zero-order valence-corrected chi connectivity index (χ0v) is 11.8. The van der Waals surface area contributed by atoms with Gasteiger partial charge in [0.25, 0.3) is 5.91 Å². The highest BCUT2D eigenvalue weighted by atomic mass is 19.1. The van der Waals surface area contributed by atoms with Crippen LogP contribution in [0.5, 0.6) is 0 Å². The summed E-state index contributed by atoms with van der Waals surface area (Å²) in [6.45, 7) is 6.60. The number of aliphatic hydroxyl groups is 1. The van der Waals surface area contributed by atoms with Crippen LogP contribution in [0.25, 0.3) is 0 Å². The van der Waals surface area contributed by atoms with Crippen LogP contribution in [0.2, 0.25) is 0 Å². The number of rotatable bonds is 5. The molecule has 0 bridgehead atoms. The molecule has 0 saturated heterocycles. The summed E-state index contributed by atoms with van der Waals surface area (Å²) in [6, 6.07) is 4.65. The van der Waals surface area contributed by atoms with Crippen LogP contribution in [0.15, 0.2) is 18.2 Å². The predicted octanol–water partition coefficient (Wildman–Crippen LogP) is 2.63. The van der Waals surface area contributed by atoms with E-state index in [4.69, 9.17) is 5.11 Å². The molecule has 4 heteroatoms. The lowest BCUT2D eigenvalue weighted by Gasteiger charge is -2.20. The van der Waals surface area contributed by atoms with Gasteiger partial charge in [-0.1, -0.05) is 26.8 Å². The molecule has 0 fully saturated rings. The summed E-state index contributed by atoms with van der Waals surface area (Å²) >= 11 is 0. The monoisotopic (exact) mass is 267 g/mol. The van der Waals surface area contributed by atoms with Crippen molar-refractivity contribution in [2.24, 2.45) is 0 Å². The maximum atomic E-state index is 13.7. The molecule has 2 N–H and O–H groups in total. The van der Waals surface area contributed by atoms with Crippen molar-refractivity contribution in [2.45, 2.75) is 39.0 Å². The minimum absolute atomic E-state index is 0.0800. The summed E-state index contributed by atoms with van der Waals surface area (Å²) in [5, 5.41) is 11.3. The maximum absolute atomic E-state index is 13.7. The van der Waals surface area contributed by atoms with Crippen LogP contribution in [0.1, 0.15) is 49.5 Å². The van der Waals surface area contributed by atoms with Gasteiger partial charge in [-0.25, -0.2) is 4.39 Å². The number of unbranched alkanes of at least 4 members (excludes halogenated alkanes) is 1. The van der Waals surface area contributed by atoms with E-state index in [-0.39, 0.29) is 17.6 Å². The molecule has 0 radical (unpaired) electrons. The van der Waals surface area contributed by atoms with Crippen molar-refractivity contribution in [2.75, 3.05) is 13.2 Å². The lowest BCUT2D eigenvalue weighted by molar-refractivity contribution is 0.0948. The first-order valence-corrected chi connectivity index (χ1v) is 6.55. The van der Waals surface area contributed by atoms with Gasteiger partial charge in [0.05, 0.1) is 5.56 Å². The Bertz CT molecular complexity index is 438. The van der Waals surface area contributed by atoms with Gasteiger partial charge in [0.15, 0.2) is 0 Å². The summed E-state index contributed by atoms with van der Waals surface area (Å²) in [7, 11) is 0. The fraction of sp³-hybridized carbons (Fsp3) is 0.533. The van der Waals surface area contributed by atoms with Gasteiger partial charge in [-0.3, -0.25) is 4.79 Å². The molecule has 106 valence electrons. The molecule has 0 aliphatic heterocycles. The first kappa shape index (κ1) is 15.6. The van der Waals surface area contributed by atoms with Crippen LogP contribution in [-0.2, 0) is 5.41 Å². The van der Waals surface area contributed by atoms with Crippen molar-refractivity contribution in [1.82, 2.24) is 5.32 Å². The molecule has 0 atom stereocenters. The van der Waals surface area contributed by atoms with Crippen molar-refractivity contribution in [1.29, 1.82) is 0 Å². The Morgan fingerprint density at radius 3 is 2.58 bits per heavy atom. The van der Waals surface area contributed by atoms with E-state index in [1.807, 2.05) is 20.8 Å². The number of aliphatic hydroxyl groups excluding tert-OH is 1. The van der Waals surface area contributed by atoms with Crippen LogP contribution in [0, 0.1) is 5.82 Å². The van der Waals surface area contributed by atoms with Gasteiger partial charge in [-0.15, -0.1) is 0 Å². The average molecular weight is 267 g/mol. The zero-order valence-electron chi connectivity index (χ0n) is 11.8. The smallest absolute Gasteiger partial charge is 0.254 e. The second-order valence-corrected chi connectivity index (χ2v) is 5.63. The highest BCUT2D eigenvalue weighted by Gasteiger charge is 2.18. The first-order chi connectivity index (χ1) is 8.86. The van der Waals surface area contributed by atoms with Crippen molar-refractivity contribution in [3.63, 3.8) is 0 Å². The Balaban J connectivity index is 2.78. The SMILES string of the molecule is CC(C)(C)c1ccc(F)c(C(=O)NCCCCO)c1. The molecule has 0 saturated carbocycles. The molecule has 0 spiro atoms. The fourth-order valence-electron chi connectivity index (χ4n) is 1.70. The molecule has 3 nitrogen and oxygen atoms in total. The maximum Gasteiger partial charge on any atom is 0.254 e. The van der Waals surface area contributed by atoms with E-state index in [9.17, 15) is 9.18 Å². The van der Waals surface area contributed by atoms with E-state index in [0.29, 0.717) is 19.4 Å². The fourth-order valence-corrected chi connectivity index (χ4v) is 1.70. The number of carbonyl (C=O) groups is 1. The molecule has 1 rings (SSSR count). The summed E-state index contributed by atoms with van der Waals surface area (Å²) in [5.74, 6) is -0.908. The largest absolute Gasteiger partial charge is 0.396 e.